The number of rotatable bonds is 2. The number of nitrogens with two attached hydrogens (primary N) is 1. The van der Waals surface area contributed by atoms with Crippen LogP contribution in [0.4, 0.5) is 5.69 Å². The van der Waals surface area contributed by atoms with Crippen LogP contribution in [0.15, 0.2) is 11.0 Å². The first kappa shape index (κ1) is 13.4. The van der Waals surface area contributed by atoms with E-state index in [1.807, 2.05) is 13.8 Å². The van der Waals surface area contributed by atoms with Gasteiger partial charge in [0.15, 0.2) is 0 Å². The summed E-state index contributed by atoms with van der Waals surface area (Å²) >= 11 is 6.17. The summed E-state index contributed by atoms with van der Waals surface area (Å²) in [5.74, 6) is 0. The molecule has 2 rings (SSSR count). The molecule has 0 aromatic carbocycles. The summed E-state index contributed by atoms with van der Waals surface area (Å²) < 4.78 is 1.40. The second kappa shape index (κ2) is 5.28. The SMILES string of the molecule is CC(C)n1ncc(N2CCC[C@@H](N)C2)c(Cl)c1=O. The van der Waals surface area contributed by atoms with Gasteiger partial charge < -0.3 is 10.6 Å². The minimum Gasteiger partial charge on any atom is -0.367 e. The lowest BCUT2D eigenvalue weighted by Crippen LogP contribution is -2.43. The predicted octanol–water partition coefficient (Wildman–Crippen LogP) is 1.41. The van der Waals surface area contributed by atoms with Gasteiger partial charge >= 0.3 is 0 Å². The van der Waals surface area contributed by atoms with E-state index in [4.69, 9.17) is 17.3 Å². The highest BCUT2D eigenvalue weighted by Crippen LogP contribution is 2.24. The second-order valence-corrected chi connectivity index (χ2v) is 5.41. The molecular weight excluding hydrogens is 252 g/mol. The molecule has 5 nitrogen and oxygen atoms in total. The van der Waals surface area contributed by atoms with E-state index >= 15 is 0 Å². The Balaban J connectivity index is 2.35. The first-order chi connectivity index (χ1) is 8.50. The fraction of sp³-hybridized carbons (Fsp3) is 0.667. The van der Waals surface area contributed by atoms with E-state index < -0.39 is 0 Å². The Bertz CT molecular complexity index is 485. The molecule has 1 aliphatic heterocycles. The summed E-state index contributed by atoms with van der Waals surface area (Å²) in [6.45, 7) is 5.41. The third-order valence-electron chi connectivity index (χ3n) is 3.21. The number of aromatic nitrogens is 2. The molecule has 1 aromatic heterocycles. The molecule has 0 saturated carbocycles. The van der Waals surface area contributed by atoms with Crippen LogP contribution in [0, 0.1) is 0 Å². The Morgan fingerprint density at radius 2 is 2.28 bits per heavy atom. The average Bonchev–Trinajstić information content (AvgIpc) is 2.32. The topological polar surface area (TPSA) is 64.2 Å². The molecule has 2 heterocycles. The Morgan fingerprint density at radius 3 is 2.89 bits per heavy atom. The van der Waals surface area contributed by atoms with Gasteiger partial charge in [-0.3, -0.25) is 4.79 Å². The van der Waals surface area contributed by atoms with E-state index in [0.29, 0.717) is 5.69 Å². The van der Waals surface area contributed by atoms with E-state index in [1.54, 1.807) is 6.20 Å². The van der Waals surface area contributed by atoms with Crippen LogP contribution >= 0.6 is 11.6 Å². The summed E-state index contributed by atoms with van der Waals surface area (Å²) in [5.41, 5.74) is 6.41. The minimum absolute atomic E-state index is 0.00710. The lowest BCUT2D eigenvalue weighted by molar-refractivity contribution is 0.490. The van der Waals surface area contributed by atoms with Crippen LogP contribution in [-0.4, -0.2) is 28.9 Å². The summed E-state index contributed by atoms with van der Waals surface area (Å²) in [7, 11) is 0. The fourth-order valence-electron chi connectivity index (χ4n) is 2.25. The van der Waals surface area contributed by atoms with Crippen molar-refractivity contribution in [3.8, 4) is 0 Å². The van der Waals surface area contributed by atoms with Crippen molar-refractivity contribution in [1.82, 2.24) is 9.78 Å². The molecule has 2 N–H and O–H groups in total. The molecule has 1 fully saturated rings. The Kier molecular flexibility index (Phi) is 3.92. The highest BCUT2D eigenvalue weighted by Gasteiger charge is 2.21. The third-order valence-corrected chi connectivity index (χ3v) is 3.57. The highest BCUT2D eigenvalue weighted by molar-refractivity contribution is 6.33. The smallest absolute Gasteiger partial charge is 0.287 e. The first-order valence-electron chi connectivity index (χ1n) is 6.28. The molecule has 1 aromatic rings. The van der Waals surface area contributed by atoms with Gasteiger partial charge in [0.1, 0.15) is 5.02 Å². The molecular formula is C12H19ClN4O. The largest absolute Gasteiger partial charge is 0.367 e. The summed E-state index contributed by atoms with van der Waals surface area (Å²) in [4.78, 5) is 14.1. The van der Waals surface area contributed by atoms with Crippen LogP contribution in [0.5, 0.6) is 0 Å². The van der Waals surface area contributed by atoms with Crippen molar-refractivity contribution in [3.63, 3.8) is 0 Å². The Labute approximate surface area is 112 Å². The Hall–Kier alpha value is -1.07. The molecule has 0 bridgehead atoms. The van der Waals surface area contributed by atoms with Gasteiger partial charge in [0, 0.05) is 19.1 Å². The molecule has 1 atom stereocenters. The normalized spacial score (nSPS) is 20.5. The monoisotopic (exact) mass is 270 g/mol. The van der Waals surface area contributed by atoms with Crippen molar-refractivity contribution in [2.45, 2.75) is 38.8 Å². The number of anilines is 1. The third kappa shape index (κ3) is 2.52. The number of piperidine rings is 1. The minimum atomic E-state index is -0.233. The van der Waals surface area contributed by atoms with Crippen LogP contribution < -0.4 is 16.2 Å². The van der Waals surface area contributed by atoms with Gasteiger partial charge in [-0.15, -0.1) is 0 Å². The van der Waals surface area contributed by atoms with Gasteiger partial charge in [-0.05, 0) is 26.7 Å². The summed E-state index contributed by atoms with van der Waals surface area (Å²) in [6, 6.07) is 0.148. The van der Waals surface area contributed by atoms with Gasteiger partial charge in [-0.25, -0.2) is 4.68 Å². The molecule has 0 radical (unpaired) electrons. The zero-order valence-corrected chi connectivity index (χ0v) is 11.5. The predicted molar refractivity (Wildman–Crippen MR) is 73.3 cm³/mol. The zero-order valence-electron chi connectivity index (χ0n) is 10.8. The van der Waals surface area contributed by atoms with Gasteiger partial charge in [0.05, 0.1) is 17.9 Å². The average molecular weight is 271 g/mol. The lowest BCUT2D eigenvalue weighted by atomic mass is 10.1. The van der Waals surface area contributed by atoms with Crippen molar-refractivity contribution in [1.29, 1.82) is 0 Å². The van der Waals surface area contributed by atoms with E-state index in [9.17, 15) is 4.79 Å². The molecule has 0 aliphatic carbocycles. The van der Waals surface area contributed by atoms with Crippen LogP contribution in [0.2, 0.25) is 5.02 Å². The van der Waals surface area contributed by atoms with Crippen LogP contribution in [-0.2, 0) is 0 Å². The molecule has 1 aliphatic rings. The van der Waals surface area contributed by atoms with Gasteiger partial charge in [-0.2, -0.15) is 5.10 Å². The fourth-order valence-corrected chi connectivity index (χ4v) is 2.51. The molecule has 18 heavy (non-hydrogen) atoms. The molecule has 0 spiro atoms. The molecule has 1 saturated heterocycles. The Morgan fingerprint density at radius 1 is 1.56 bits per heavy atom. The molecule has 100 valence electrons. The maximum atomic E-state index is 12.1. The number of nitrogens with zero attached hydrogens (tertiary/aromatic N) is 3. The van der Waals surface area contributed by atoms with Crippen LogP contribution in [0.25, 0.3) is 0 Å². The van der Waals surface area contributed by atoms with Crippen LogP contribution in [0.1, 0.15) is 32.7 Å². The van der Waals surface area contributed by atoms with Crippen molar-refractivity contribution < 1.29 is 0 Å². The molecule has 0 unspecified atom stereocenters. The van der Waals surface area contributed by atoms with E-state index in [2.05, 4.69) is 10.00 Å². The van der Waals surface area contributed by atoms with E-state index in [1.165, 1.54) is 4.68 Å². The van der Waals surface area contributed by atoms with Crippen LogP contribution in [0.3, 0.4) is 0 Å². The summed E-state index contributed by atoms with van der Waals surface area (Å²) in [6.07, 6.45) is 3.71. The first-order valence-corrected chi connectivity index (χ1v) is 6.66. The van der Waals surface area contributed by atoms with Crippen molar-refractivity contribution >= 4 is 17.3 Å². The van der Waals surface area contributed by atoms with Gasteiger partial charge in [0.2, 0.25) is 0 Å². The number of halogens is 1. The number of hydrogen-bond donors (Lipinski definition) is 1. The highest BCUT2D eigenvalue weighted by atomic mass is 35.5. The van der Waals surface area contributed by atoms with Crippen molar-refractivity contribution in [3.05, 3.63) is 21.6 Å². The van der Waals surface area contributed by atoms with Gasteiger partial charge in [-0.1, -0.05) is 11.6 Å². The molecule has 0 amide bonds. The van der Waals surface area contributed by atoms with Gasteiger partial charge in [0.25, 0.3) is 5.56 Å². The molecule has 6 heteroatoms. The maximum Gasteiger partial charge on any atom is 0.287 e. The van der Waals surface area contributed by atoms with Crippen molar-refractivity contribution in [2.75, 3.05) is 18.0 Å². The number of hydrogen-bond acceptors (Lipinski definition) is 4. The lowest BCUT2D eigenvalue weighted by Gasteiger charge is -2.32. The second-order valence-electron chi connectivity index (χ2n) is 5.04. The quantitative estimate of drug-likeness (QED) is 0.882. The summed E-state index contributed by atoms with van der Waals surface area (Å²) in [5, 5.41) is 4.42. The van der Waals surface area contributed by atoms with E-state index in [0.717, 1.165) is 25.9 Å². The maximum absolute atomic E-state index is 12.1. The standard InChI is InChI=1S/C12H19ClN4O/c1-8(2)17-12(18)11(13)10(6-15-17)16-5-3-4-9(14)7-16/h6,8-9H,3-5,7,14H2,1-2H3/t9-/m1/s1. The zero-order chi connectivity index (χ0) is 13.3. The van der Waals surface area contributed by atoms with Crippen molar-refractivity contribution in [2.24, 2.45) is 5.73 Å². The van der Waals surface area contributed by atoms with E-state index in [-0.39, 0.29) is 22.7 Å².